The van der Waals surface area contributed by atoms with E-state index < -0.39 is 19.2 Å². The number of nitrogens with one attached hydrogen (secondary N) is 1. The van der Waals surface area contributed by atoms with E-state index >= 15 is 0 Å². The fraction of sp³-hybridized carbons (Fsp3) is 0.611. The minimum absolute atomic E-state index is 0.0676. The van der Waals surface area contributed by atoms with Gasteiger partial charge in [0.1, 0.15) is 5.75 Å². The van der Waals surface area contributed by atoms with Crippen LogP contribution in [0, 0.1) is 0 Å². The quantitative estimate of drug-likeness (QED) is 0.342. The number of carbonyl (C=O) groups is 1. The van der Waals surface area contributed by atoms with Crippen LogP contribution in [-0.4, -0.2) is 55.0 Å². The Morgan fingerprint density at radius 2 is 2.23 bits per heavy atom. The molecule has 1 fully saturated rings. The first kappa shape index (κ1) is 20.7. The Hall–Kier alpha value is -1.61. The third kappa shape index (κ3) is 7.33. The second-order valence-electron chi connectivity index (χ2n) is 6.63. The van der Waals surface area contributed by atoms with Crippen LogP contribution in [0.15, 0.2) is 24.3 Å². The van der Waals surface area contributed by atoms with Gasteiger partial charge in [-0.3, -0.25) is 4.79 Å². The van der Waals surface area contributed by atoms with E-state index in [-0.39, 0.29) is 12.4 Å². The van der Waals surface area contributed by atoms with E-state index in [1.165, 1.54) is 0 Å². The van der Waals surface area contributed by atoms with Gasteiger partial charge in [0.15, 0.2) is 0 Å². The highest BCUT2D eigenvalue weighted by Crippen LogP contribution is 2.19. The number of rotatable bonds is 11. The van der Waals surface area contributed by atoms with Gasteiger partial charge in [0.2, 0.25) is 0 Å². The first-order valence-corrected chi connectivity index (χ1v) is 9.29. The van der Waals surface area contributed by atoms with E-state index in [9.17, 15) is 9.82 Å². The van der Waals surface area contributed by atoms with Crippen molar-refractivity contribution in [2.75, 3.05) is 19.7 Å². The number of aliphatic carboxylic acids is 1. The van der Waals surface area contributed by atoms with Gasteiger partial charge >= 0.3 is 13.1 Å². The maximum absolute atomic E-state index is 10.7. The lowest BCUT2D eigenvalue weighted by molar-refractivity contribution is -0.139. The highest BCUT2D eigenvalue weighted by atomic mass is 16.5. The van der Waals surface area contributed by atoms with Crippen LogP contribution in [0.3, 0.4) is 0 Å². The molecule has 2 atom stereocenters. The lowest BCUT2D eigenvalue weighted by Gasteiger charge is -2.31. The molecule has 1 aromatic carbocycles. The Balaban J connectivity index is 1.70. The van der Waals surface area contributed by atoms with E-state index in [4.69, 9.17) is 20.2 Å². The molecule has 0 saturated carbocycles. The van der Waals surface area contributed by atoms with Crippen LogP contribution >= 0.6 is 0 Å². The first-order valence-electron chi connectivity index (χ1n) is 9.29. The Morgan fingerprint density at radius 3 is 2.96 bits per heavy atom. The molecule has 1 aromatic rings. The normalized spacial score (nSPS) is 20.2. The molecule has 0 spiro atoms. The van der Waals surface area contributed by atoms with E-state index in [2.05, 4.69) is 5.32 Å². The largest absolute Gasteiger partial charge is 0.494 e. The molecule has 2 rings (SSSR count). The molecule has 0 aliphatic carbocycles. The van der Waals surface area contributed by atoms with Gasteiger partial charge in [0, 0.05) is 5.94 Å². The number of unbranched alkanes of at least 4 members (excludes halogenated alkanes) is 1. The number of carboxylic acid groups (broad SMARTS) is 1. The lowest BCUT2D eigenvalue weighted by atomic mass is 9.72. The van der Waals surface area contributed by atoms with Crippen molar-refractivity contribution in [1.82, 2.24) is 5.32 Å². The molecule has 0 amide bonds. The average molecular weight is 364 g/mol. The molecule has 0 radical (unpaired) electrons. The van der Waals surface area contributed by atoms with Gasteiger partial charge in [-0.05, 0) is 62.9 Å². The zero-order valence-corrected chi connectivity index (χ0v) is 15.1. The van der Waals surface area contributed by atoms with E-state index in [1.54, 1.807) is 0 Å². The van der Waals surface area contributed by atoms with Crippen LogP contribution in [0.1, 0.15) is 37.7 Å². The Bertz CT molecular complexity index is 560. The van der Waals surface area contributed by atoms with Gasteiger partial charge < -0.3 is 30.6 Å². The van der Waals surface area contributed by atoms with Crippen LogP contribution in [0.2, 0.25) is 0 Å². The van der Waals surface area contributed by atoms with Crippen molar-refractivity contribution in [3.05, 3.63) is 29.8 Å². The van der Waals surface area contributed by atoms with Crippen LogP contribution in [-0.2, 0) is 15.9 Å². The number of benzene rings is 1. The van der Waals surface area contributed by atoms with Crippen molar-refractivity contribution < 1.29 is 24.3 Å². The topological polar surface area (TPSA) is 114 Å². The Kier molecular flexibility index (Phi) is 8.90. The minimum atomic E-state index is -0.967. The molecule has 7 nitrogen and oxygen atoms in total. The number of nitrogens with two attached hydrogens (primary N) is 1. The molecule has 26 heavy (non-hydrogen) atoms. The van der Waals surface area contributed by atoms with Crippen molar-refractivity contribution in [3.63, 3.8) is 0 Å². The summed E-state index contributed by atoms with van der Waals surface area (Å²) in [6.45, 7) is 2.05. The second kappa shape index (κ2) is 11.2. The van der Waals surface area contributed by atoms with Crippen LogP contribution < -0.4 is 15.8 Å². The predicted molar refractivity (Wildman–Crippen MR) is 100 cm³/mol. The lowest BCUT2D eigenvalue weighted by Crippen LogP contribution is -2.51. The van der Waals surface area contributed by atoms with Gasteiger partial charge in [-0.1, -0.05) is 12.1 Å². The zero-order valence-electron chi connectivity index (χ0n) is 15.1. The molecule has 8 heteroatoms. The number of hydrogen-bond donors (Lipinski definition) is 4. The standard InChI is InChI=1S/C18H29BN2O5/c20-9-1-2-11-25-15-5-3-4-14(12-15)8-10-21-17-7-6-16(13-18(22)23)26-19(17)24/h3-5,12,16-17,21,24H,1-2,6-11,13,20H2,(H,22,23)/t16-,17-/m0/s1. The summed E-state index contributed by atoms with van der Waals surface area (Å²) >= 11 is 0. The highest BCUT2D eigenvalue weighted by molar-refractivity contribution is 6.45. The second-order valence-corrected chi connectivity index (χ2v) is 6.63. The average Bonchev–Trinajstić information content (AvgIpc) is 2.60. The third-order valence-electron chi connectivity index (χ3n) is 4.46. The SMILES string of the molecule is NCCCCOc1cccc(CCN[C@H]2CC[C@@H](CC(=O)O)OB2O)c1. The maximum Gasteiger partial charge on any atom is 0.472 e. The molecular weight excluding hydrogens is 335 g/mol. The van der Waals surface area contributed by atoms with E-state index in [1.807, 2.05) is 24.3 Å². The van der Waals surface area contributed by atoms with Crippen LogP contribution in [0.5, 0.6) is 5.75 Å². The molecule has 0 unspecified atom stereocenters. The van der Waals surface area contributed by atoms with Crippen molar-refractivity contribution in [2.24, 2.45) is 5.73 Å². The Labute approximate surface area is 155 Å². The molecule has 0 bridgehead atoms. The maximum atomic E-state index is 10.7. The van der Waals surface area contributed by atoms with Gasteiger partial charge in [-0.25, -0.2) is 0 Å². The number of hydrogen-bond acceptors (Lipinski definition) is 6. The molecule has 1 saturated heterocycles. The zero-order chi connectivity index (χ0) is 18.8. The summed E-state index contributed by atoms with van der Waals surface area (Å²) in [5.41, 5.74) is 6.63. The molecule has 1 aliphatic heterocycles. The summed E-state index contributed by atoms with van der Waals surface area (Å²) in [7, 11) is -0.967. The van der Waals surface area contributed by atoms with E-state index in [0.717, 1.165) is 30.6 Å². The summed E-state index contributed by atoms with van der Waals surface area (Å²) in [4.78, 5) is 10.7. The predicted octanol–water partition coefficient (Wildman–Crippen LogP) is 0.978. The summed E-state index contributed by atoms with van der Waals surface area (Å²) in [5.74, 6) is -0.216. The molecule has 5 N–H and O–H groups in total. The van der Waals surface area contributed by atoms with Crippen molar-refractivity contribution in [1.29, 1.82) is 0 Å². The van der Waals surface area contributed by atoms with Crippen LogP contribution in [0.4, 0.5) is 0 Å². The van der Waals surface area contributed by atoms with Crippen molar-refractivity contribution in [2.45, 2.75) is 50.6 Å². The molecule has 1 aliphatic rings. The number of ether oxygens (including phenoxy) is 1. The summed E-state index contributed by atoms with van der Waals surface area (Å²) in [5, 5.41) is 22.1. The molecule has 144 valence electrons. The molecule has 0 aromatic heterocycles. The highest BCUT2D eigenvalue weighted by Gasteiger charge is 2.35. The summed E-state index contributed by atoms with van der Waals surface area (Å²) in [6, 6.07) is 8.00. The summed E-state index contributed by atoms with van der Waals surface area (Å²) in [6.07, 6.45) is 3.57. The van der Waals surface area contributed by atoms with Gasteiger partial charge in [0.25, 0.3) is 0 Å². The molecule has 1 heterocycles. The minimum Gasteiger partial charge on any atom is -0.494 e. The first-order chi connectivity index (χ1) is 12.6. The smallest absolute Gasteiger partial charge is 0.472 e. The van der Waals surface area contributed by atoms with Gasteiger partial charge in [-0.15, -0.1) is 0 Å². The van der Waals surface area contributed by atoms with Gasteiger partial charge in [0.05, 0.1) is 19.1 Å². The van der Waals surface area contributed by atoms with Crippen molar-refractivity contribution in [3.8, 4) is 5.75 Å². The third-order valence-corrected chi connectivity index (χ3v) is 4.46. The Morgan fingerprint density at radius 1 is 1.38 bits per heavy atom. The van der Waals surface area contributed by atoms with Crippen molar-refractivity contribution >= 4 is 13.1 Å². The number of carboxylic acids is 1. The van der Waals surface area contributed by atoms with Gasteiger partial charge in [-0.2, -0.15) is 0 Å². The fourth-order valence-corrected chi connectivity index (χ4v) is 3.05. The fourth-order valence-electron chi connectivity index (χ4n) is 3.05. The molecular formula is C18H29BN2O5. The van der Waals surface area contributed by atoms with Crippen LogP contribution in [0.25, 0.3) is 0 Å². The monoisotopic (exact) mass is 364 g/mol. The summed E-state index contributed by atoms with van der Waals surface area (Å²) < 4.78 is 11.1. The van der Waals surface area contributed by atoms with E-state index in [0.29, 0.717) is 32.5 Å².